The second-order valence-corrected chi connectivity index (χ2v) is 6.81. The second kappa shape index (κ2) is 8.55. The molecule has 0 atom stereocenters. The summed E-state index contributed by atoms with van der Waals surface area (Å²) in [7, 11) is 1.47. The molecule has 3 rings (SSSR count). The van der Waals surface area contributed by atoms with E-state index in [2.05, 4.69) is 15.5 Å². The van der Waals surface area contributed by atoms with Crippen molar-refractivity contribution in [3.05, 3.63) is 59.8 Å². The first kappa shape index (κ1) is 18.7. The van der Waals surface area contributed by atoms with Crippen LogP contribution >= 0.6 is 11.8 Å². The van der Waals surface area contributed by atoms with E-state index in [4.69, 9.17) is 4.74 Å². The van der Waals surface area contributed by atoms with Crippen LogP contribution in [0, 0.1) is 6.92 Å². The van der Waals surface area contributed by atoms with Gasteiger partial charge >= 0.3 is 0 Å². The smallest absolute Gasteiger partial charge is 0.250 e. The summed E-state index contributed by atoms with van der Waals surface area (Å²) < 4.78 is 5.04. The minimum absolute atomic E-state index is 0.0509. The molecule has 1 aromatic heterocycles. The summed E-state index contributed by atoms with van der Waals surface area (Å²) in [6, 6.07) is 14.7. The summed E-state index contributed by atoms with van der Waals surface area (Å²) in [5.74, 6) is 0.431. The fourth-order valence-corrected chi connectivity index (χ4v) is 3.45. The van der Waals surface area contributed by atoms with Crippen LogP contribution in [0.1, 0.15) is 11.3 Å². The molecule has 0 radical (unpaired) electrons. The number of rotatable bonds is 6. The summed E-state index contributed by atoms with van der Waals surface area (Å²) >= 11 is 1.45. The SMILES string of the molecule is COc1cc(/C=N\NC(=O)CSc2cc(C)nc3ccccc23)ccc1O. The highest BCUT2D eigenvalue weighted by Gasteiger charge is 2.07. The van der Waals surface area contributed by atoms with Crippen molar-refractivity contribution in [1.82, 2.24) is 10.4 Å². The molecule has 0 saturated heterocycles. The summed E-state index contributed by atoms with van der Waals surface area (Å²) in [6.45, 7) is 1.94. The lowest BCUT2D eigenvalue weighted by molar-refractivity contribution is -0.118. The van der Waals surface area contributed by atoms with Gasteiger partial charge in [-0.25, -0.2) is 5.43 Å². The highest BCUT2D eigenvalue weighted by Crippen LogP contribution is 2.28. The van der Waals surface area contributed by atoms with Crippen molar-refractivity contribution >= 4 is 34.8 Å². The van der Waals surface area contributed by atoms with Gasteiger partial charge in [-0.3, -0.25) is 9.78 Å². The molecule has 0 aliphatic rings. The standard InChI is InChI=1S/C20H19N3O3S/c1-13-9-19(15-5-3-4-6-16(15)22-13)27-12-20(25)23-21-11-14-7-8-17(24)18(10-14)26-2/h3-11,24H,12H2,1-2H3,(H,23,25)/b21-11-. The van der Waals surface area contributed by atoms with Crippen LogP contribution in [0.25, 0.3) is 10.9 Å². The second-order valence-electron chi connectivity index (χ2n) is 5.79. The van der Waals surface area contributed by atoms with Crippen molar-refractivity contribution in [3.8, 4) is 11.5 Å². The first-order valence-corrected chi connectivity index (χ1v) is 9.23. The number of hydrazone groups is 1. The van der Waals surface area contributed by atoms with Crippen LogP contribution in [0.2, 0.25) is 0 Å². The third kappa shape index (κ3) is 4.77. The van der Waals surface area contributed by atoms with Gasteiger partial charge < -0.3 is 9.84 Å². The molecule has 7 heteroatoms. The highest BCUT2D eigenvalue weighted by molar-refractivity contribution is 8.00. The Hall–Kier alpha value is -3.06. The molecule has 0 saturated carbocycles. The molecule has 0 bridgehead atoms. The Bertz CT molecular complexity index is 1000. The highest BCUT2D eigenvalue weighted by atomic mass is 32.2. The fourth-order valence-electron chi connectivity index (χ4n) is 2.52. The Morgan fingerprint density at radius 2 is 2.11 bits per heavy atom. The molecular formula is C20H19N3O3S. The number of methoxy groups -OCH3 is 1. The Morgan fingerprint density at radius 1 is 1.30 bits per heavy atom. The molecule has 0 aliphatic heterocycles. The number of aromatic nitrogens is 1. The maximum Gasteiger partial charge on any atom is 0.250 e. The van der Waals surface area contributed by atoms with Gasteiger partial charge in [-0.05, 0) is 42.8 Å². The van der Waals surface area contributed by atoms with Crippen LogP contribution in [-0.4, -0.2) is 35.1 Å². The topological polar surface area (TPSA) is 83.8 Å². The number of carbonyl (C=O) groups is 1. The van der Waals surface area contributed by atoms with Crippen molar-refractivity contribution in [2.45, 2.75) is 11.8 Å². The average Bonchev–Trinajstić information content (AvgIpc) is 2.67. The number of hydrogen-bond acceptors (Lipinski definition) is 6. The molecule has 1 heterocycles. The predicted molar refractivity (Wildman–Crippen MR) is 108 cm³/mol. The zero-order valence-electron chi connectivity index (χ0n) is 15.0. The van der Waals surface area contributed by atoms with Crippen LogP contribution in [0.4, 0.5) is 0 Å². The third-order valence-corrected chi connectivity index (χ3v) is 4.83. The summed E-state index contributed by atoms with van der Waals surface area (Å²) in [6.07, 6.45) is 1.50. The zero-order chi connectivity index (χ0) is 19.2. The van der Waals surface area contributed by atoms with Gasteiger partial charge in [0.05, 0.1) is 24.6 Å². The van der Waals surface area contributed by atoms with Crippen molar-refractivity contribution in [2.24, 2.45) is 5.10 Å². The molecule has 27 heavy (non-hydrogen) atoms. The van der Waals surface area contributed by atoms with Crippen molar-refractivity contribution < 1.29 is 14.6 Å². The van der Waals surface area contributed by atoms with Crippen molar-refractivity contribution in [3.63, 3.8) is 0 Å². The number of pyridine rings is 1. The number of benzene rings is 2. The number of nitrogens with one attached hydrogen (secondary N) is 1. The van der Waals surface area contributed by atoms with E-state index in [1.54, 1.807) is 12.1 Å². The molecule has 0 aliphatic carbocycles. The summed E-state index contributed by atoms with van der Waals surface area (Å²) in [5, 5.41) is 14.6. The quantitative estimate of drug-likeness (QED) is 0.388. The number of nitrogens with zero attached hydrogens (tertiary/aromatic N) is 2. The van der Waals surface area contributed by atoms with Gasteiger partial charge in [0.2, 0.25) is 5.91 Å². The van der Waals surface area contributed by atoms with E-state index in [1.807, 2.05) is 37.3 Å². The molecule has 2 N–H and O–H groups in total. The van der Waals surface area contributed by atoms with Gasteiger partial charge in [-0.1, -0.05) is 18.2 Å². The molecule has 6 nitrogen and oxygen atoms in total. The number of aryl methyl sites for hydroxylation is 1. The van der Waals surface area contributed by atoms with Crippen molar-refractivity contribution in [2.75, 3.05) is 12.9 Å². The van der Waals surface area contributed by atoms with Crippen LogP contribution in [0.15, 0.2) is 58.5 Å². The van der Waals surface area contributed by atoms with E-state index < -0.39 is 0 Å². The number of carbonyl (C=O) groups excluding carboxylic acids is 1. The zero-order valence-corrected chi connectivity index (χ0v) is 15.8. The monoisotopic (exact) mass is 381 g/mol. The van der Waals surface area contributed by atoms with E-state index in [0.717, 1.165) is 21.5 Å². The molecule has 138 valence electrons. The number of ether oxygens (including phenoxy) is 1. The maximum atomic E-state index is 12.1. The molecule has 0 spiro atoms. The Morgan fingerprint density at radius 3 is 2.93 bits per heavy atom. The number of phenols is 1. The number of fused-ring (bicyclic) bond motifs is 1. The van der Waals surface area contributed by atoms with Gasteiger partial charge in [-0.2, -0.15) is 5.10 Å². The Labute approximate surface area is 161 Å². The first-order chi connectivity index (χ1) is 13.1. The van der Waals surface area contributed by atoms with Crippen LogP contribution in [0.5, 0.6) is 11.5 Å². The van der Waals surface area contributed by atoms with E-state index in [0.29, 0.717) is 11.3 Å². The van der Waals surface area contributed by atoms with Gasteiger partial charge in [0, 0.05) is 16.0 Å². The van der Waals surface area contributed by atoms with E-state index >= 15 is 0 Å². The number of aromatic hydroxyl groups is 1. The minimum atomic E-state index is -0.208. The maximum absolute atomic E-state index is 12.1. The van der Waals surface area contributed by atoms with E-state index in [1.165, 1.54) is 31.2 Å². The van der Waals surface area contributed by atoms with Crippen molar-refractivity contribution in [1.29, 1.82) is 0 Å². The van der Waals surface area contributed by atoms with E-state index in [9.17, 15) is 9.90 Å². The predicted octanol–water partition coefficient (Wildman–Crippen LogP) is 3.50. The lowest BCUT2D eigenvalue weighted by Crippen LogP contribution is -2.19. The number of amides is 1. The first-order valence-electron chi connectivity index (χ1n) is 8.25. The van der Waals surface area contributed by atoms with Crippen LogP contribution in [-0.2, 0) is 4.79 Å². The minimum Gasteiger partial charge on any atom is -0.504 e. The lowest BCUT2D eigenvalue weighted by Gasteiger charge is -2.07. The summed E-state index contributed by atoms with van der Waals surface area (Å²) in [4.78, 5) is 17.6. The third-order valence-electron chi connectivity index (χ3n) is 3.77. The molecule has 0 unspecified atom stereocenters. The average molecular weight is 381 g/mol. The Kier molecular flexibility index (Phi) is 5.93. The number of para-hydroxylation sites is 1. The molecule has 0 fully saturated rings. The van der Waals surface area contributed by atoms with E-state index in [-0.39, 0.29) is 17.4 Å². The lowest BCUT2D eigenvalue weighted by atomic mass is 10.2. The van der Waals surface area contributed by atoms with Crippen LogP contribution < -0.4 is 10.2 Å². The normalized spacial score (nSPS) is 11.0. The van der Waals surface area contributed by atoms with Gasteiger partial charge in [0.25, 0.3) is 0 Å². The molecular weight excluding hydrogens is 362 g/mol. The fraction of sp³-hybridized carbons (Fsp3) is 0.150. The number of hydrogen-bond donors (Lipinski definition) is 2. The number of phenolic OH excluding ortho intramolecular Hbond substituents is 1. The molecule has 3 aromatic rings. The number of thioether (sulfide) groups is 1. The van der Waals surface area contributed by atoms with Gasteiger partial charge in [0.15, 0.2) is 11.5 Å². The van der Waals surface area contributed by atoms with Gasteiger partial charge in [-0.15, -0.1) is 11.8 Å². The Balaban J connectivity index is 1.61. The largest absolute Gasteiger partial charge is 0.504 e. The van der Waals surface area contributed by atoms with Gasteiger partial charge in [0.1, 0.15) is 0 Å². The molecule has 2 aromatic carbocycles. The summed E-state index contributed by atoms with van der Waals surface area (Å²) in [5.41, 5.74) is 5.04. The van der Waals surface area contributed by atoms with Crippen LogP contribution in [0.3, 0.4) is 0 Å². The molecule has 1 amide bonds.